The summed E-state index contributed by atoms with van der Waals surface area (Å²) in [6.45, 7) is 2.30. The molecule has 20 heavy (non-hydrogen) atoms. The second kappa shape index (κ2) is 5.18. The summed E-state index contributed by atoms with van der Waals surface area (Å²) in [5, 5.41) is 17.2. The maximum Gasteiger partial charge on any atom is 0.225 e. The van der Waals surface area contributed by atoms with E-state index in [9.17, 15) is 5.11 Å². The number of hydrogen-bond donors (Lipinski definition) is 3. The van der Waals surface area contributed by atoms with Crippen LogP contribution in [0.5, 0.6) is 0 Å². The van der Waals surface area contributed by atoms with Crippen molar-refractivity contribution in [3.05, 3.63) is 10.9 Å². The van der Waals surface area contributed by atoms with E-state index in [-0.39, 0.29) is 12.1 Å². The Bertz CT molecular complexity index is 615. The highest BCUT2D eigenvalue weighted by atomic mass is 32.1. The number of nitrogens with zero attached hydrogens (tertiary/aromatic N) is 2. The Labute approximate surface area is 122 Å². The first kappa shape index (κ1) is 13.6. The van der Waals surface area contributed by atoms with Crippen LogP contribution in [0, 0.1) is 0 Å². The molecular formula is C14H20N4OS. The predicted molar refractivity (Wildman–Crippen MR) is 83.6 cm³/mol. The van der Waals surface area contributed by atoms with Crippen LogP contribution in [-0.2, 0) is 6.42 Å². The van der Waals surface area contributed by atoms with Crippen LogP contribution in [0.3, 0.4) is 0 Å². The van der Waals surface area contributed by atoms with E-state index in [1.807, 2.05) is 7.05 Å². The lowest BCUT2D eigenvalue weighted by Crippen LogP contribution is -2.48. The van der Waals surface area contributed by atoms with Gasteiger partial charge in [-0.2, -0.15) is 4.98 Å². The minimum atomic E-state index is -0.194. The van der Waals surface area contributed by atoms with Crippen molar-refractivity contribution in [3.8, 4) is 0 Å². The minimum Gasteiger partial charge on any atom is -0.394 e. The Morgan fingerprint density at radius 1 is 1.40 bits per heavy atom. The summed E-state index contributed by atoms with van der Waals surface area (Å²) in [4.78, 5) is 11.4. The molecule has 108 valence electrons. The lowest BCUT2D eigenvalue weighted by molar-refractivity contribution is 0.144. The molecule has 0 aromatic carbocycles. The monoisotopic (exact) mass is 292 g/mol. The van der Waals surface area contributed by atoms with Gasteiger partial charge in [-0.3, -0.25) is 0 Å². The summed E-state index contributed by atoms with van der Waals surface area (Å²) in [6.07, 6.45) is 4.15. The summed E-state index contributed by atoms with van der Waals surface area (Å²) >= 11 is 1.71. The number of anilines is 2. The van der Waals surface area contributed by atoms with E-state index >= 15 is 0 Å². The van der Waals surface area contributed by atoms with Crippen molar-refractivity contribution in [2.45, 2.75) is 38.1 Å². The van der Waals surface area contributed by atoms with E-state index in [1.54, 1.807) is 11.3 Å². The van der Waals surface area contributed by atoms with E-state index in [0.29, 0.717) is 5.95 Å². The number of aryl methyl sites for hydroxylation is 1. The van der Waals surface area contributed by atoms with Crippen molar-refractivity contribution in [3.63, 3.8) is 0 Å². The van der Waals surface area contributed by atoms with Gasteiger partial charge < -0.3 is 15.7 Å². The first-order valence-electron chi connectivity index (χ1n) is 7.07. The lowest BCUT2D eigenvalue weighted by Gasteiger charge is -2.41. The maximum absolute atomic E-state index is 9.63. The van der Waals surface area contributed by atoms with Gasteiger partial charge in [0.1, 0.15) is 10.6 Å². The van der Waals surface area contributed by atoms with E-state index in [4.69, 9.17) is 0 Å². The Morgan fingerprint density at radius 2 is 2.20 bits per heavy atom. The standard InChI is InChI=1S/C14H20N4OS/c1-3-9-7-10-11(18-14(8-19)5-4-6-14)16-13(15-2)17-12(10)20-9/h7,19H,3-6,8H2,1-2H3,(H2,15,16,17,18). The van der Waals surface area contributed by atoms with Crippen molar-refractivity contribution in [2.75, 3.05) is 24.3 Å². The molecular weight excluding hydrogens is 272 g/mol. The summed E-state index contributed by atoms with van der Waals surface area (Å²) < 4.78 is 0. The van der Waals surface area contributed by atoms with Crippen LogP contribution >= 0.6 is 11.3 Å². The van der Waals surface area contributed by atoms with Gasteiger partial charge in [-0.1, -0.05) is 6.92 Å². The number of aromatic nitrogens is 2. The average molecular weight is 292 g/mol. The van der Waals surface area contributed by atoms with Gasteiger partial charge in [0, 0.05) is 11.9 Å². The molecule has 0 radical (unpaired) electrons. The zero-order chi connectivity index (χ0) is 14.2. The van der Waals surface area contributed by atoms with Gasteiger partial charge in [0.2, 0.25) is 5.95 Å². The predicted octanol–water partition coefficient (Wildman–Crippen LogP) is 2.62. The zero-order valence-electron chi connectivity index (χ0n) is 11.9. The highest BCUT2D eigenvalue weighted by Crippen LogP contribution is 2.38. The third-order valence-corrected chi connectivity index (χ3v) is 5.19. The molecule has 0 aliphatic heterocycles. The van der Waals surface area contributed by atoms with Crippen LogP contribution in [0.4, 0.5) is 11.8 Å². The van der Waals surface area contributed by atoms with Crippen molar-refractivity contribution in [1.29, 1.82) is 0 Å². The first-order chi connectivity index (χ1) is 9.69. The molecule has 5 nitrogen and oxygen atoms in total. The van der Waals surface area contributed by atoms with E-state index in [0.717, 1.165) is 41.7 Å². The summed E-state index contributed by atoms with van der Waals surface area (Å²) in [5.41, 5.74) is -0.194. The van der Waals surface area contributed by atoms with E-state index in [2.05, 4.69) is 33.6 Å². The Morgan fingerprint density at radius 3 is 2.75 bits per heavy atom. The molecule has 2 heterocycles. The molecule has 1 aliphatic carbocycles. The second-order valence-electron chi connectivity index (χ2n) is 5.35. The average Bonchev–Trinajstić information content (AvgIpc) is 2.85. The molecule has 2 aromatic rings. The van der Waals surface area contributed by atoms with Gasteiger partial charge in [0.05, 0.1) is 17.5 Å². The van der Waals surface area contributed by atoms with Crippen LogP contribution in [0.2, 0.25) is 0 Å². The Kier molecular flexibility index (Phi) is 3.52. The quantitative estimate of drug-likeness (QED) is 0.790. The highest BCUT2D eigenvalue weighted by molar-refractivity contribution is 7.18. The molecule has 2 aromatic heterocycles. The number of hydrogen-bond acceptors (Lipinski definition) is 6. The molecule has 0 bridgehead atoms. The topological polar surface area (TPSA) is 70.1 Å². The molecule has 1 saturated carbocycles. The summed E-state index contributed by atoms with van der Waals surface area (Å²) in [6, 6.07) is 2.16. The number of fused-ring (bicyclic) bond motifs is 1. The van der Waals surface area contributed by atoms with Crippen LogP contribution in [0.15, 0.2) is 6.07 Å². The van der Waals surface area contributed by atoms with E-state index in [1.165, 1.54) is 4.88 Å². The fraction of sp³-hybridized carbons (Fsp3) is 0.571. The van der Waals surface area contributed by atoms with Gasteiger partial charge in [-0.15, -0.1) is 11.3 Å². The van der Waals surface area contributed by atoms with Gasteiger partial charge in [0.25, 0.3) is 0 Å². The van der Waals surface area contributed by atoms with Crippen molar-refractivity contribution in [2.24, 2.45) is 0 Å². The SMILES string of the molecule is CCc1cc2c(NC3(CO)CCC3)nc(NC)nc2s1. The summed E-state index contributed by atoms with van der Waals surface area (Å²) in [5.74, 6) is 1.46. The van der Waals surface area contributed by atoms with Crippen molar-refractivity contribution < 1.29 is 5.11 Å². The molecule has 3 rings (SSSR count). The van der Waals surface area contributed by atoms with Gasteiger partial charge >= 0.3 is 0 Å². The van der Waals surface area contributed by atoms with Gasteiger partial charge in [0.15, 0.2) is 0 Å². The third kappa shape index (κ3) is 2.23. The summed E-state index contributed by atoms with van der Waals surface area (Å²) in [7, 11) is 1.82. The highest BCUT2D eigenvalue weighted by Gasteiger charge is 2.37. The fourth-order valence-electron chi connectivity index (χ4n) is 2.53. The lowest BCUT2D eigenvalue weighted by atomic mass is 9.77. The Hall–Kier alpha value is -1.40. The van der Waals surface area contributed by atoms with Crippen molar-refractivity contribution in [1.82, 2.24) is 9.97 Å². The molecule has 1 aliphatic rings. The largest absolute Gasteiger partial charge is 0.394 e. The number of aliphatic hydroxyl groups excluding tert-OH is 1. The third-order valence-electron chi connectivity index (χ3n) is 4.01. The molecule has 0 saturated heterocycles. The second-order valence-corrected chi connectivity index (χ2v) is 6.46. The molecule has 3 N–H and O–H groups in total. The number of aliphatic hydroxyl groups is 1. The molecule has 0 spiro atoms. The van der Waals surface area contributed by atoms with Crippen LogP contribution in [0.1, 0.15) is 31.1 Å². The van der Waals surface area contributed by atoms with Crippen LogP contribution < -0.4 is 10.6 Å². The maximum atomic E-state index is 9.63. The van der Waals surface area contributed by atoms with E-state index < -0.39 is 0 Å². The zero-order valence-corrected chi connectivity index (χ0v) is 12.7. The number of nitrogens with one attached hydrogen (secondary N) is 2. The van der Waals surface area contributed by atoms with Gasteiger partial charge in [-0.05, 0) is 31.7 Å². The molecule has 1 fully saturated rings. The smallest absolute Gasteiger partial charge is 0.225 e. The van der Waals surface area contributed by atoms with Crippen molar-refractivity contribution >= 4 is 33.3 Å². The molecule has 0 amide bonds. The first-order valence-corrected chi connectivity index (χ1v) is 7.88. The van der Waals surface area contributed by atoms with Gasteiger partial charge in [-0.25, -0.2) is 4.98 Å². The van der Waals surface area contributed by atoms with Crippen LogP contribution in [0.25, 0.3) is 10.2 Å². The van der Waals surface area contributed by atoms with Crippen LogP contribution in [-0.4, -0.2) is 34.3 Å². The molecule has 0 unspecified atom stereocenters. The Balaban J connectivity index is 2.05. The fourth-order valence-corrected chi connectivity index (χ4v) is 3.50. The number of thiophene rings is 1. The molecule has 0 atom stereocenters. The minimum absolute atomic E-state index is 0.151. The molecule has 6 heteroatoms. The normalized spacial score (nSPS) is 16.9. The number of rotatable bonds is 5.